The Bertz CT molecular complexity index is 918. The number of thiazole rings is 1. The molecule has 116 valence electrons. The molecule has 1 amide bonds. The SMILES string of the molecule is Cc1ccc2nc(NC(=O)/C=C/c3ccc(Cl)cc3Cl)sc2c1. The molecule has 2 aromatic carbocycles. The Balaban J connectivity index is 1.74. The van der Waals surface area contributed by atoms with Gasteiger partial charge in [-0.25, -0.2) is 4.98 Å². The van der Waals surface area contributed by atoms with Crippen LogP contribution in [-0.2, 0) is 4.79 Å². The number of hydrogen-bond acceptors (Lipinski definition) is 3. The first-order valence-corrected chi connectivity index (χ1v) is 8.40. The van der Waals surface area contributed by atoms with Crippen LogP contribution in [0.25, 0.3) is 16.3 Å². The van der Waals surface area contributed by atoms with E-state index in [1.165, 1.54) is 17.4 Å². The molecule has 0 fully saturated rings. The molecule has 0 spiro atoms. The lowest BCUT2D eigenvalue weighted by molar-refractivity contribution is -0.111. The number of carbonyl (C=O) groups excluding carboxylic acids is 1. The number of rotatable bonds is 3. The van der Waals surface area contributed by atoms with Crippen LogP contribution in [0.1, 0.15) is 11.1 Å². The number of hydrogen-bond donors (Lipinski definition) is 1. The summed E-state index contributed by atoms with van der Waals surface area (Å²) in [6.07, 6.45) is 3.07. The Labute approximate surface area is 147 Å². The molecule has 3 nitrogen and oxygen atoms in total. The summed E-state index contributed by atoms with van der Waals surface area (Å²) in [5.74, 6) is -0.258. The van der Waals surface area contributed by atoms with Gasteiger partial charge in [-0.2, -0.15) is 0 Å². The average Bonchev–Trinajstić information content (AvgIpc) is 2.87. The third kappa shape index (κ3) is 3.91. The Morgan fingerprint density at radius 2 is 2.04 bits per heavy atom. The first-order chi connectivity index (χ1) is 11.0. The number of aromatic nitrogens is 1. The van der Waals surface area contributed by atoms with Crippen molar-refractivity contribution in [1.82, 2.24) is 4.98 Å². The van der Waals surface area contributed by atoms with Crippen molar-refractivity contribution in [3.63, 3.8) is 0 Å². The second-order valence-electron chi connectivity index (χ2n) is 4.98. The lowest BCUT2D eigenvalue weighted by Gasteiger charge is -1.99. The van der Waals surface area contributed by atoms with Gasteiger partial charge in [-0.3, -0.25) is 10.1 Å². The fourth-order valence-electron chi connectivity index (χ4n) is 2.03. The van der Waals surface area contributed by atoms with Crippen LogP contribution in [0, 0.1) is 6.92 Å². The fourth-order valence-corrected chi connectivity index (χ4v) is 3.47. The predicted octanol–water partition coefficient (Wildman–Crippen LogP) is 5.56. The zero-order chi connectivity index (χ0) is 16.4. The van der Waals surface area contributed by atoms with E-state index in [0.29, 0.717) is 15.2 Å². The van der Waals surface area contributed by atoms with Crippen LogP contribution in [0.3, 0.4) is 0 Å². The van der Waals surface area contributed by atoms with Crippen molar-refractivity contribution in [2.45, 2.75) is 6.92 Å². The fraction of sp³-hybridized carbons (Fsp3) is 0.0588. The van der Waals surface area contributed by atoms with Gasteiger partial charge in [0.05, 0.1) is 10.2 Å². The Hall–Kier alpha value is -1.88. The van der Waals surface area contributed by atoms with E-state index in [1.54, 1.807) is 24.3 Å². The summed E-state index contributed by atoms with van der Waals surface area (Å²) in [7, 11) is 0. The van der Waals surface area contributed by atoms with E-state index < -0.39 is 0 Å². The summed E-state index contributed by atoms with van der Waals surface area (Å²) in [5.41, 5.74) is 2.77. The minimum absolute atomic E-state index is 0.258. The van der Waals surface area contributed by atoms with Crippen molar-refractivity contribution < 1.29 is 4.79 Å². The molecule has 3 aromatic rings. The summed E-state index contributed by atoms with van der Waals surface area (Å²) in [6, 6.07) is 11.1. The molecule has 0 atom stereocenters. The second kappa shape index (κ2) is 6.71. The number of fused-ring (bicyclic) bond motifs is 1. The minimum atomic E-state index is -0.258. The quantitative estimate of drug-likeness (QED) is 0.619. The molecule has 0 saturated carbocycles. The van der Waals surface area contributed by atoms with Gasteiger partial charge in [-0.15, -0.1) is 0 Å². The molecule has 0 aliphatic heterocycles. The van der Waals surface area contributed by atoms with Crippen LogP contribution in [-0.4, -0.2) is 10.9 Å². The van der Waals surface area contributed by atoms with E-state index in [9.17, 15) is 4.79 Å². The van der Waals surface area contributed by atoms with Gasteiger partial charge in [-0.05, 0) is 48.4 Å². The van der Waals surface area contributed by atoms with Crippen LogP contribution >= 0.6 is 34.5 Å². The smallest absolute Gasteiger partial charge is 0.250 e. The highest BCUT2D eigenvalue weighted by Gasteiger charge is 2.06. The molecule has 3 rings (SSSR count). The van der Waals surface area contributed by atoms with Gasteiger partial charge >= 0.3 is 0 Å². The van der Waals surface area contributed by atoms with Gasteiger partial charge in [0, 0.05) is 16.1 Å². The van der Waals surface area contributed by atoms with E-state index in [0.717, 1.165) is 21.3 Å². The highest BCUT2D eigenvalue weighted by Crippen LogP contribution is 2.27. The molecule has 0 unspecified atom stereocenters. The van der Waals surface area contributed by atoms with Crippen LogP contribution in [0.4, 0.5) is 5.13 Å². The highest BCUT2D eigenvalue weighted by atomic mass is 35.5. The number of anilines is 1. The first-order valence-electron chi connectivity index (χ1n) is 6.82. The number of aryl methyl sites for hydroxylation is 1. The molecule has 23 heavy (non-hydrogen) atoms. The van der Waals surface area contributed by atoms with E-state index in [2.05, 4.69) is 10.3 Å². The maximum absolute atomic E-state index is 12.0. The van der Waals surface area contributed by atoms with Crippen molar-refractivity contribution in [3.05, 3.63) is 63.6 Å². The maximum Gasteiger partial charge on any atom is 0.250 e. The van der Waals surface area contributed by atoms with Crippen molar-refractivity contribution in [2.24, 2.45) is 0 Å². The molecule has 0 radical (unpaired) electrons. The topological polar surface area (TPSA) is 42.0 Å². The number of halogens is 2. The third-order valence-corrected chi connectivity index (χ3v) is 4.65. The van der Waals surface area contributed by atoms with E-state index >= 15 is 0 Å². The number of nitrogens with zero attached hydrogens (tertiary/aromatic N) is 1. The molecule has 1 N–H and O–H groups in total. The van der Waals surface area contributed by atoms with Crippen molar-refractivity contribution >= 4 is 61.9 Å². The van der Waals surface area contributed by atoms with E-state index in [-0.39, 0.29) is 5.91 Å². The average molecular weight is 363 g/mol. The molecule has 0 aliphatic carbocycles. The van der Waals surface area contributed by atoms with Crippen LogP contribution in [0.5, 0.6) is 0 Å². The Kier molecular flexibility index (Phi) is 4.66. The summed E-state index contributed by atoms with van der Waals surface area (Å²) in [6.45, 7) is 2.02. The molecule has 0 bridgehead atoms. The second-order valence-corrected chi connectivity index (χ2v) is 6.85. The first kappa shape index (κ1) is 16.0. The summed E-state index contributed by atoms with van der Waals surface area (Å²) in [4.78, 5) is 16.4. The van der Waals surface area contributed by atoms with Gasteiger partial charge in [0.25, 0.3) is 0 Å². The molecule has 6 heteroatoms. The van der Waals surface area contributed by atoms with Gasteiger partial charge in [0.1, 0.15) is 0 Å². The normalized spacial score (nSPS) is 11.3. The summed E-state index contributed by atoms with van der Waals surface area (Å²) >= 11 is 13.4. The highest BCUT2D eigenvalue weighted by molar-refractivity contribution is 7.22. The molecular weight excluding hydrogens is 351 g/mol. The number of benzene rings is 2. The Morgan fingerprint density at radius 3 is 2.83 bits per heavy atom. The van der Waals surface area contributed by atoms with Crippen LogP contribution in [0.2, 0.25) is 10.0 Å². The lowest BCUT2D eigenvalue weighted by atomic mass is 10.2. The van der Waals surface area contributed by atoms with Gasteiger partial charge in [0.15, 0.2) is 5.13 Å². The van der Waals surface area contributed by atoms with Crippen LogP contribution < -0.4 is 5.32 Å². The molecule has 0 saturated heterocycles. The van der Waals surface area contributed by atoms with Gasteiger partial charge in [0.2, 0.25) is 5.91 Å². The van der Waals surface area contributed by atoms with Gasteiger partial charge in [-0.1, -0.05) is 46.7 Å². The standard InChI is InChI=1S/C17H12Cl2N2OS/c1-10-2-6-14-15(8-10)23-17(20-14)21-16(22)7-4-11-3-5-12(18)9-13(11)19/h2-9H,1H3,(H,20,21,22)/b7-4+. The molecular formula is C17H12Cl2N2OS. The lowest BCUT2D eigenvalue weighted by Crippen LogP contribution is -2.07. The monoisotopic (exact) mass is 362 g/mol. The van der Waals surface area contributed by atoms with Crippen LogP contribution in [0.15, 0.2) is 42.5 Å². The van der Waals surface area contributed by atoms with Gasteiger partial charge < -0.3 is 0 Å². The third-order valence-electron chi connectivity index (χ3n) is 3.15. The van der Waals surface area contributed by atoms with E-state index in [4.69, 9.17) is 23.2 Å². The predicted molar refractivity (Wildman–Crippen MR) is 98.5 cm³/mol. The summed E-state index contributed by atoms with van der Waals surface area (Å²) in [5, 5.41) is 4.39. The molecule has 1 aromatic heterocycles. The number of carbonyl (C=O) groups is 1. The van der Waals surface area contributed by atoms with Crippen molar-refractivity contribution in [2.75, 3.05) is 5.32 Å². The van der Waals surface area contributed by atoms with E-state index in [1.807, 2.05) is 25.1 Å². The molecule has 1 heterocycles. The largest absolute Gasteiger partial charge is 0.298 e. The zero-order valence-corrected chi connectivity index (χ0v) is 14.5. The summed E-state index contributed by atoms with van der Waals surface area (Å²) < 4.78 is 1.05. The number of nitrogens with one attached hydrogen (secondary N) is 1. The van der Waals surface area contributed by atoms with Crippen molar-refractivity contribution in [1.29, 1.82) is 0 Å². The zero-order valence-electron chi connectivity index (χ0n) is 12.1. The Morgan fingerprint density at radius 1 is 1.22 bits per heavy atom. The number of amides is 1. The van der Waals surface area contributed by atoms with Crippen molar-refractivity contribution in [3.8, 4) is 0 Å². The minimum Gasteiger partial charge on any atom is -0.298 e. The maximum atomic E-state index is 12.0. The molecule has 0 aliphatic rings.